The molecular formula is C18H17Cl2FN2O. The Balaban J connectivity index is 0.00000100. The van der Waals surface area contributed by atoms with E-state index in [1.165, 1.54) is 16.7 Å². The van der Waals surface area contributed by atoms with Gasteiger partial charge in [-0.05, 0) is 37.6 Å². The third-order valence-corrected chi connectivity index (χ3v) is 4.09. The Hall–Kier alpha value is -1.91. The molecule has 0 aliphatic heterocycles. The van der Waals surface area contributed by atoms with Gasteiger partial charge < -0.3 is 0 Å². The van der Waals surface area contributed by atoms with Crippen LogP contribution in [0.1, 0.15) is 25.2 Å². The van der Waals surface area contributed by atoms with E-state index in [9.17, 15) is 9.18 Å². The number of halogens is 3. The second-order valence-electron chi connectivity index (χ2n) is 4.99. The van der Waals surface area contributed by atoms with Gasteiger partial charge in [0.1, 0.15) is 11.6 Å². The highest BCUT2D eigenvalue weighted by Gasteiger charge is 2.16. The highest BCUT2D eigenvalue weighted by molar-refractivity contribution is 6.37. The summed E-state index contributed by atoms with van der Waals surface area (Å²) in [4.78, 5) is 17.1. The van der Waals surface area contributed by atoms with Crippen LogP contribution in [-0.4, -0.2) is 9.55 Å². The van der Waals surface area contributed by atoms with Gasteiger partial charge in [-0.25, -0.2) is 9.37 Å². The summed E-state index contributed by atoms with van der Waals surface area (Å²) < 4.78 is 15.0. The van der Waals surface area contributed by atoms with E-state index in [0.29, 0.717) is 38.0 Å². The lowest BCUT2D eigenvalue weighted by molar-refractivity contribution is 0.620. The van der Waals surface area contributed by atoms with Crippen LogP contribution in [0.15, 0.2) is 35.1 Å². The molecule has 0 unspecified atom stereocenters. The fraction of sp³-hybridized carbons (Fsp3) is 0.222. The van der Waals surface area contributed by atoms with Gasteiger partial charge in [0.05, 0.1) is 26.6 Å². The van der Waals surface area contributed by atoms with Gasteiger partial charge in [0.2, 0.25) is 0 Å². The maximum absolute atomic E-state index is 13.7. The van der Waals surface area contributed by atoms with Crippen molar-refractivity contribution in [2.75, 3.05) is 0 Å². The zero-order valence-corrected chi connectivity index (χ0v) is 15.3. The molecule has 0 amide bonds. The average molecular weight is 367 g/mol. The third kappa shape index (κ3) is 3.17. The summed E-state index contributed by atoms with van der Waals surface area (Å²) >= 11 is 12.4. The first-order valence-corrected chi connectivity index (χ1v) is 8.29. The maximum Gasteiger partial charge on any atom is 0.266 e. The molecule has 0 fully saturated rings. The quantitative estimate of drug-likeness (QED) is 0.571. The summed E-state index contributed by atoms with van der Waals surface area (Å²) in [7, 11) is 0. The minimum absolute atomic E-state index is 0.310. The molecular weight excluding hydrogens is 350 g/mol. The number of fused-ring (bicyclic) bond motifs is 1. The molecule has 0 bridgehead atoms. The van der Waals surface area contributed by atoms with Crippen molar-refractivity contribution in [1.82, 2.24) is 9.55 Å². The molecule has 0 aliphatic carbocycles. The number of nitrogens with zero attached hydrogens (tertiary/aromatic N) is 2. The molecule has 0 N–H and O–H groups in total. The lowest BCUT2D eigenvalue weighted by Crippen LogP contribution is -2.23. The van der Waals surface area contributed by atoms with Gasteiger partial charge in [-0.15, -0.1) is 0 Å². The van der Waals surface area contributed by atoms with Gasteiger partial charge in [0, 0.05) is 6.07 Å². The van der Waals surface area contributed by atoms with Crippen LogP contribution < -0.4 is 5.56 Å². The first kappa shape index (κ1) is 18.4. The Bertz CT molecular complexity index is 947. The summed E-state index contributed by atoms with van der Waals surface area (Å²) in [6.45, 7) is 7.25. The smallest absolute Gasteiger partial charge is 0.266 e. The summed E-state index contributed by atoms with van der Waals surface area (Å²) in [5.41, 5.74) is 0.738. The second kappa shape index (κ2) is 7.32. The molecule has 24 heavy (non-hydrogen) atoms. The van der Waals surface area contributed by atoms with Crippen LogP contribution in [0, 0.1) is 19.7 Å². The van der Waals surface area contributed by atoms with Crippen LogP contribution in [0.3, 0.4) is 0 Å². The largest absolute Gasteiger partial charge is 0.268 e. The number of hydrogen-bond donors (Lipinski definition) is 0. The molecule has 3 rings (SSSR count). The summed E-state index contributed by atoms with van der Waals surface area (Å²) in [5.74, 6) is -0.0110. The normalized spacial score (nSPS) is 10.5. The van der Waals surface area contributed by atoms with E-state index in [-0.39, 0.29) is 5.56 Å². The standard InChI is InChI=1S/C16H11Cl2FN2O.C2H6/c1-8-6-10-14(7-13(8)19)20-9(2)21(16(10)22)15-11(17)4-3-5-12(15)18;1-2/h3-7H,1-2H3;1-2H3. The summed E-state index contributed by atoms with van der Waals surface area (Å²) in [6, 6.07) is 7.74. The summed E-state index contributed by atoms with van der Waals surface area (Å²) in [6.07, 6.45) is 0. The minimum atomic E-state index is -0.396. The van der Waals surface area contributed by atoms with Crippen LogP contribution >= 0.6 is 23.2 Å². The van der Waals surface area contributed by atoms with Crippen LogP contribution in [0.25, 0.3) is 16.6 Å². The fourth-order valence-corrected chi connectivity index (χ4v) is 2.96. The van der Waals surface area contributed by atoms with E-state index < -0.39 is 5.82 Å². The molecule has 6 heteroatoms. The lowest BCUT2D eigenvalue weighted by Gasteiger charge is -2.14. The number of benzene rings is 2. The topological polar surface area (TPSA) is 34.9 Å². The van der Waals surface area contributed by atoms with E-state index in [4.69, 9.17) is 23.2 Å². The first-order valence-electron chi connectivity index (χ1n) is 7.54. The molecule has 0 saturated heterocycles. The Labute approximate surface area is 149 Å². The molecule has 0 spiro atoms. The van der Waals surface area contributed by atoms with Gasteiger partial charge in [-0.3, -0.25) is 9.36 Å². The molecule has 2 aromatic carbocycles. The Morgan fingerprint density at radius 1 is 1.08 bits per heavy atom. The van der Waals surface area contributed by atoms with Crippen molar-refractivity contribution >= 4 is 34.1 Å². The van der Waals surface area contributed by atoms with Crippen molar-refractivity contribution in [3.8, 4) is 5.69 Å². The van der Waals surface area contributed by atoms with Gasteiger partial charge in [0.15, 0.2) is 0 Å². The van der Waals surface area contributed by atoms with E-state index >= 15 is 0 Å². The number of aromatic nitrogens is 2. The molecule has 1 heterocycles. The van der Waals surface area contributed by atoms with Gasteiger partial charge in [0.25, 0.3) is 5.56 Å². The van der Waals surface area contributed by atoms with Crippen LogP contribution in [0.2, 0.25) is 10.0 Å². The van der Waals surface area contributed by atoms with Crippen molar-refractivity contribution < 1.29 is 4.39 Å². The molecule has 0 radical (unpaired) electrons. The number of aryl methyl sites for hydroxylation is 2. The number of para-hydroxylation sites is 1. The molecule has 1 aromatic heterocycles. The van der Waals surface area contributed by atoms with Gasteiger partial charge in [-0.1, -0.05) is 43.1 Å². The lowest BCUT2D eigenvalue weighted by atomic mass is 10.1. The van der Waals surface area contributed by atoms with Crippen LogP contribution in [-0.2, 0) is 0 Å². The SMILES string of the molecule is CC.Cc1cc2c(=O)n(-c3c(Cl)cccc3Cl)c(C)nc2cc1F. The molecule has 0 atom stereocenters. The van der Waals surface area contributed by atoms with Gasteiger partial charge >= 0.3 is 0 Å². The monoisotopic (exact) mass is 366 g/mol. The second-order valence-corrected chi connectivity index (χ2v) is 5.80. The van der Waals surface area contributed by atoms with Crippen LogP contribution in [0.4, 0.5) is 4.39 Å². The predicted molar refractivity (Wildman–Crippen MR) is 98.1 cm³/mol. The number of rotatable bonds is 1. The third-order valence-electron chi connectivity index (χ3n) is 3.48. The van der Waals surface area contributed by atoms with E-state index in [0.717, 1.165) is 0 Å². The Kier molecular flexibility index (Phi) is 5.62. The maximum atomic E-state index is 13.7. The van der Waals surface area contributed by atoms with Crippen molar-refractivity contribution in [2.45, 2.75) is 27.7 Å². The van der Waals surface area contributed by atoms with E-state index in [1.54, 1.807) is 32.0 Å². The minimum Gasteiger partial charge on any atom is -0.268 e. The van der Waals surface area contributed by atoms with E-state index in [1.807, 2.05) is 13.8 Å². The highest BCUT2D eigenvalue weighted by Crippen LogP contribution is 2.28. The predicted octanol–water partition coefficient (Wildman–Crippen LogP) is 5.47. The van der Waals surface area contributed by atoms with E-state index in [2.05, 4.69) is 4.98 Å². The Morgan fingerprint density at radius 2 is 1.67 bits per heavy atom. The number of hydrogen-bond acceptors (Lipinski definition) is 2. The molecule has 0 saturated carbocycles. The molecule has 126 valence electrons. The zero-order valence-electron chi connectivity index (χ0n) is 13.8. The van der Waals surface area contributed by atoms with Crippen molar-refractivity contribution in [3.05, 3.63) is 67.9 Å². The summed E-state index contributed by atoms with van der Waals surface area (Å²) in [5, 5.41) is 1.01. The highest BCUT2D eigenvalue weighted by atomic mass is 35.5. The van der Waals surface area contributed by atoms with Crippen molar-refractivity contribution in [1.29, 1.82) is 0 Å². The van der Waals surface area contributed by atoms with Crippen molar-refractivity contribution in [2.24, 2.45) is 0 Å². The van der Waals surface area contributed by atoms with Crippen molar-refractivity contribution in [3.63, 3.8) is 0 Å². The molecule has 0 aliphatic rings. The Morgan fingerprint density at radius 3 is 2.25 bits per heavy atom. The van der Waals surface area contributed by atoms with Gasteiger partial charge in [-0.2, -0.15) is 0 Å². The fourth-order valence-electron chi connectivity index (χ4n) is 2.39. The molecule has 3 aromatic rings. The van der Waals surface area contributed by atoms with Crippen LogP contribution in [0.5, 0.6) is 0 Å². The average Bonchev–Trinajstić information content (AvgIpc) is 2.54. The molecule has 3 nitrogen and oxygen atoms in total. The zero-order chi connectivity index (χ0) is 18.0. The first-order chi connectivity index (χ1) is 11.4.